The molecule has 0 aliphatic heterocycles. The van der Waals surface area contributed by atoms with Crippen molar-refractivity contribution in [1.82, 2.24) is 4.98 Å². The van der Waals surface area contributed by atoms with Crippen molar-refractivity contribution in [3.63, 3.8) is 0 Å². The average Bonchev–Trinajstić information content (AvgIpc) is 3.21. The van der Waals surface area contributed by atoms with Crippen LogP contribution in [-0.2, 0) is 10.2 Å². The summed E-state index contributed by atoms with van der Waals surface area (Å²) in [4.78, 5) is 16.9. The Morgan fingerprint density at radius 1 is 1.00 bits per heavy atom. The molecule has 0 atom stereocenters. The Bertz CT molecular complexity index is 1250. The molecule has 1 aromatic heterocycles. The highest BCUT2D eigenvalue weighted by Crippen LogP contribution is 2.29. The van der Waals surface area contributed by atoms with E-state index in [0.717, 1.165) is 11.1 Å². The SMILES string of the molecule is CC(C)c1ccc(OCC(=O)Nc2ccc3nc(-c4ccc(C(C)(C)C)cc4)oc3c2)cc1. The van der Waals surface area contributed by atoms with Crippen molar-refractivity contribution < 1.29 is 13.9 Å². The molecule has 1 amide bonds. The number of anilines is 1. The fourth-order valence-electron chi connectivity index (χ4n) is 3.53. The normalized spacial score (nSPS) is 11.7. The molecule has 0 radical (unpaired) electrons. The number of nitrogens with zero attached hydrogens (tertiary/aromatic N) is 1. The molecule has 5 heteroatoms. The molecule has 0 unspecified atom stereocenters. The summed E-state index contributed by atoms with van der Waals surface area (Å²) in [6.45, 7) is 10.8. The summed E-state index contributed by atoms with van der Waals surface area (Å²) in [6.07, 6.45) is 0. The lowest BCUT2D eigenvalue weighted by Gasteiger charge is -2.18. The van der Waals surface area contributed by atoms with Gasteiger partial charge in [-0.05, 0) is 58.9 Å². The van der Waals surface area contributed by atoms with Crippen LogP contribution in [0.2, 0.25) is 0 Å². The molecule has 5 nitrogen and oxygen atoms in total. The minimum atomic E-state index is -0.236. The van der Waals surface area contributed by atoms with Gasteiger partial charge in [-0.25, -0.2) is 4.98 Å². The second-order valence-electron chi connectivity index (χ2n) is 9.59. The predicted molar refractivity (Wildman–Crippen MR) is 133 cm³/mol. The maximum atomic E-state index is 12.4. The second kappa shape index (κ2) is 9.10. The molecule has 0 fully saturated rings. The maximum absolute atomic E-state index is 12.4. The van der Waals surface area contributed by atoms with E-state index in [1.807, 2.05) is 48.5 Å². The van der Waals surface area contributed by atoms with E-state index in [4.69, 9.17) is 9.15 Å². The number of hydrogen-bond acceptors (Lipinski definition) is 4. The molecule has 4 aromatic rings. The molecule has 0 aliphatic carbocycles. The van der Waals surface area contributed by atoms with Crippen LogP contribution in [0.3, 0.4) is 0 Å². The van der Waals surface area contributed by atoms with Crippen LogP contribution in [0, 0.1) is 0 Å². The molecule has 33 heavy (non-hydrogen) atoms. The van der Waals surface area contributed by atoms with Crippen LogP contribution >= 0.6 is 0 Å². The Morgan fingerprint density at radius 3 is 2.33 bits per heavy atom. The van der Waals surface area contributed by atoms with E-state index in [1.165, 1.54) is 11.1 Å². The standard InChI is InChI=1S/C28H30N2O3/c1-18(2)19-8-13-23(14-9-19)32-17-26(31)29-22-12-15-24-25(16-22)33-27(30-24)20-6-10-21(11-7-20)28(3,4)5/h6-16,18H,17H2,1-5H3,(H,29,31). The first-order valence-corrected chi connectivity index (χ1v) is 11.2. The number of amides is 1. The van der Waals surface area contributed by atoms with Crippen molar-refractivity contribution in [3.05, 3.63) is 77.9 Å². The zero-order chi connectivity index (χ0) is 23.6. The molecular formula is C28H30N2O3. The topological polar surface area (TPSA) is 64.4 Å². The zero-order valence-electron chi connectivity index (χ0n) is 19.8. The Labute approximate surface area is 194 Å². The van der Waals surface area contributed by atoms with E-state index in [0.29, 0.717) is 28.8 Å². The number of fused-ring (bicyclic) bond motifs is 1. The highest BCUT2D eigenvalue weighted by molar-refractivity contribution is 5.93. The molecular weight excluding hydrogens is 412 g/mol. The number of carbonyl (C=O) groups excluding carboxylic acids is 1. The molecule has 1 N–H and O–H groups in total. The number of hydrogen-bond donors (Lipinski definition) is 1. The van der Waals surface area contributed by atoms with Crippen molar-refractivity contribution in [1.29, 1.82) is 0 Å². The summed E-state index contributed by atoms with van der Waals surface area (Å²) in [7, 11) is 0. The lowest BCUT2D eigenvalue weighted by Crippen LogP contribution is -2.20. The van der Waals surface area contributed by atoms with Crippen LogP contribution in [0.25, 0.3) is 22.6 Å². The third kappa shape index (κ3) is 5.43. The van der Waals surface area contributed by atoms with Crippen LogP contribution < -0.4 is 10.1 Å². The molecule has 1 heterocycles. The summed E-state index contributed by atoms with van der Waals surface area (Å²) < 4.78 is 11.6. The lowest BCUT2D eigenvalue weighted by atomic mass is 9.87. The van der Waals surface area contributed by atoms with Gasteiger partial charge in [0.15, 0.2) is 12.2 Å². The van der Waals surface area contributed by atoms with Gasteiger partial charge in [0.1, 0.15) is 11.3 Å². The van der Waals surface area contributed by atoms with Crippen LogP contribution in [0.5, 0.6) is 5.75 Å². The molecule has 0 saturated heterocycles. The first-order valence-electron chi connectivity index (χ1n) is 11.2. The van der Waals surface area contributed by atoms with Crippen molar-refractivity contribution in [2.24, 2.45) is 0 Å². The Hall–Kier alpha value is -3.60. The fourth-order valence-corrected chi connectivity index (χ4v) is 3.53. The lowest BCUT2D eigenvalue weighted by molar-refractivity contribution is -0.118. The van der Waals surface area contributed by atoms with Gasteiger partial charge in [0.05, 0.1) is 0 Å². The predicted octanol–water partition coefficient (Wildman–Crippen LogP) is 6.93. The van der Waals surface area contributed by atoms with E-state index in [2.05, 4.69) is 57.1 Å². The second-order valence-corrected chi connectivity index (χ2v) is 9.59. The van der Waals surface area contributed by atoms with Gasteiger partial charge in [-0.15, -0.1) is 0 Å². The Kier molecular flexibility index (Phi) is 6.23. The van der Waals surface area contributed by atoms with Gasteiger partial charge < -0.3 is 14.5 Å². The van der Waals surface area contributed by atoms with Crippen LogP contribution in [0.1, 0.15) is 51.7 Å². The highest BCUT2D eigenvalue weighted by Gasteiger charge is 2.15. The van der Waals surface area contributed by atoms with Crippen molar-refractivity contribution in [3.8, 4) is 17.2 Å². The summed E-state index contributed by atoms with van der Waals surface area (Å²) in [5.41, 5.74) is 5.49. The molecule has 170 valence electrons. The summed E-state index contributed by atoms with van der Waals surface area (Å²) in [5.74, 6) is 1.45. The molecule has 3 aromatic carbocycles. The van der Waals surface area contributed by atoms with Gasteiger partial charge in [-0.3, -0.25) is 4.79 Å². The van der Waals surface area contributed by atoms with Gasteiger partial charge in [0.25, 0.3) is 5.91 Å². The minimum absolute atomic E-state index is 0.0686. The Balaban J connectivity index is 1.41. The third-order valence-corrected chi connectivity index (χ3v) is 5.59. The molecule has 4 rings (SSSR count). The average molecular weight is 443 g/mol. The highest BCUT2D eigenvalue weighted by atomic mass is 16.5. The number of rotatable bonds is 6. The van der Waals surface area contributed by atoms with Gasteiger partial charge in [0, 0.05) is 17.3 Å². The third-order valence-electron chi connectivity index (χ3n) is 5.59. The monoisotopic (exact) mass is 442 g/mol. The van der Waals surface area contributed by atoms with E-state index < -0.39 is 0 Å². The van der Waals surface area contributed by atoms with Crippen LogP contribution in [0.4, 0.5) is 5.69 Å². The molecule has 0 saturated carbocycles. The first kappa shape index (κ1) is 22.6. The minimum Gasteiger partial charge on any atom is -0.484 e. The van der Waals surface area contributed by atoms with Crippen molar-refractivity contribution in [2.75, 3.05) is 11.9 Å². The number of carbonyl (C=O) groups is 1. The number of ether oxygens (including phenoxy) is 1. The van der Waals surface area contributed by atoms with Crippen LogP contribution in [0.15, 0.2) is 71.1 Å². The number of benzene rings is 3. The smallest absolute Gasteiger partial charge is 0.262 e. The van der Waals surface area contributed by atoms with Gasteiger partial charge in [-0.1, -0.05) is 58.9 Å². The van der Waals surface area contributed by atoms with E-state index in [-0.39, 0.29) is 17.9 Å². The van der Waals surface area contributed by atoms with Gasteiger partial charge >= 0.3 is 0 Å². The van der Waals surface area contributed by atoms with E-state index in [9.17, 15) is 4.79 Å². The zero-order valence-corrected chi connectivity index (χ0v) is 19.8. The first-order chi connectivity index (χ1) is 15.7. The molecule has 0 spiro atoms. The van der Waals surface area contributed by atoms with Gasteiger partial charge in [0.2, 0.25) is 5.89 Å². The number of oxazole rings is 1. The number of aromatic nitrogens is 1. The van der Waals surface area contributed by atoms with E-state index in [1.54, 1.807) is 6.07 Å². The van der Waals surface area contributed by atoms with Crippen molar-refractivity contribution in [2.45, 2.75) is 46.0 Å². The van der Waals surface area contributed by atoms with Gasteiger partial charge in [-0.2, -0.15) is 0 Å². The quantitative estimate of drug-likeness (QED) is 0.351. The molecule has 0 bridgehead atoms. The largest absolute Gasteiger partial charge is 0.484 e. The maximum Gasteiger partial charge on any atom is 0.262 e. The number of nitrogens with one attached hydrogen (secondary N) is 1. The molecule has 0 aliphatic rings. The van der Waals surface area contributed by atoms with Crippen molar-refractivity contribution >= 4 is 22.7 Å². The van der Waals surface area contributed by atoms with Crippen LogP contribution in [-0.4, -0.2) is 17.5 Å². The fraction of sp³-hybridized carbons (Fsp3) is 0.286. The summed E-state index contributed by atoms with van der Waals surface area (Å²) >= 11 is 0. The summed E-state index contributed by atoms with van der Waals surface area (Å²) in [6, 6.07) is 21.5. The summed E-state index contributed by atoms with van der Waals surface area (Å²) in [5, 5.41) is 2.86. The Morgan fingerprint density at radius 2 is 1.70 bits per heavy atom. The van der Waals surface area contributed by atoms with E-state index >= 15 is 0 Å².